The first-order chi connectivity index (χ1) is 9.63. The largest absolute Gasteiger partial charge is 0.339 e. The zero-order chi connectivity index (χ0) is 14.1. The Morgan fingerprint density at radius 1 is 1.35 bits per heavy atom. The molecule has 2 aliphatic heterocycles. The molecule has 0 aromatic heterocycles. The van der Waals surface area contributed by atoms with Crippen molar-refractivity contribution in [3.63, 3.8) is 0 Å². The average Bonchev–Trinajstić information content (AvgIpc) is 2.80. The van der Waals surface area contributed by atoms with Crippen molar-refractivity contribution < 1.29 is 9.59 Å². The van der Waals surface area contributed by atoms with E-state index < -0.39 is 0 Å². The number of fused-ring (bicyclic) bond motifs is 1. The molecule has 112 valence electrons. The van der Waals surface area contributed by atoms with Gasteiger partial charge in [0.15, 0.2) is 0 Å². The number of nitrogens with one attached hydrogen (secondary N) is 1. The van der Waals surface area contributed by atoms with Crippen molar-refractivity contribution in [2.75, 3.05) is 26.2 Å². The van der Waals surface area contributed by atoms with Crippen LogP contribution in [0.3, 0.4) is 0 Å². The summed E-state index contributed by atoms with van der Waals surface area (Å²) >= 11 is 0. The molecule has 0 aromatic carbocycles. The molecule has 3 unspecified atom stereocenters. The minimum Gasteiger partial charge on any atom is -0.339 e. The van der Waals surface area contributed by atoms with Crippen LogP contribution in [0.15, 0.2) is 0 Å². The first-order valence-corrected chi connectivity index (χ1v) is 7.71. The Kier molecular flexibility index (Phi) is 3.83. The maximum Gasteiger partial charge on any atom is 0.317 e. The molecule has 6 heteroatoms. The predicted octanol–water partition coefficient (Wildman–Crippen LogP) is 0.130. The van der Waals surface area contributed by atoms with Gasteiger partial charge in [0.05, 0.1) is 6.04 Å². The van der Waals surface area contributed by atoms with Gasteiger partial charge in [-0.2, -0.15) is 0 Å². The van der Waals surface area contributed by atoms with E-state index in [9.17, 15) is 9.59 Å². The molecule has 3 rings (SSSR count). The van der Waals surface area contributed by atoms with E-state index in [4.69, 9.17) is 5.73 Å². The van der Waals surface area contributed by atoms with Crippen molar-refractivity contribution in [1.29, 1.82) is 0 Å². The molecule has 1 saturated carbocycles. The molecule has 2 saturated heterocycles. The molecule has 3 atom stereocenters. The number of hydrogen-bond donors (Lipinski definition) is 2. The molecule has 0 radical (unpaired) electrons. The van der Waals surface area contributed by atoms with Gasteiger partial charge in [0, 0.05) is 38.6 Å². The van der Waals surface area contributed by atoms with Crippen LogP contribution in [0.4, 0.5) is 4.79 Å². The highest BCUT2D eigenvalue weighted by molar-refractivity contribution is 5.79. The SMILES string of the molecule is NC1CCCC(CC(=O)N2CCN3C(=O)NCC3C2)C1. The summed E-state index contributed by atoms with van der Waals surface area (Å²) in [5.41, 5.74) is 5.99. The molecular formula is C14H24N4O2. The molecule has 0 aromatic rings. The van der Waals surface area contributed by atoms with Gasteiger partial charge < -0.3 is 20.9 Å². The third-order valence-electron chi connectivity index (χ3n) is 4.87. The summed E-state index contributed by atoms with van der Waals surface area (Å²) < 4.78 is 0. The molecule has 0 spiro atoms. The molecule has 0 bridgehead atoms. The van der Waals surface area contributed by atoms with E-state index in [2.05, 4.69) is 5.32 Å². The number of amides is 3. The summed E-state index contributed by atoms with van der Waals surface area (Å²) in [6.07, 6.45) is 4.98. The van der Waals surface area contributed by atoms with E-state index in [1.54, 1.807) is 0 Å². The lowest BCUT2D eigenvalue weighted by Crippen LogP contribution is -2.54. The summed E-state index contributed by atoms with van der Waals surface area (Å²) in [5, 5.41) is 2.84. The van der Waals surface area contributed by atoms with E-state index >= 15 is 0 Å². The third kappa shape index (κ3) is 2.75. The van der Waals surface area contributed by atoms with Gasteiger partial charge >= 0.3 is 6.03 Å². The minimum atomic E-state index is 0.0142. The van der Waals surface area contributed by atoms with Crippen LogP contribution in [0.5, 0.6) is 0 Å². The average molecular weight is 280 g/mol. The van der Waals surface area contributed by atoms with Crippen LogP contribution in [0.25, 0.3) is 0 Å². The van der Waals surface area contributed by atoms with Crippen LogP contribution < -0.4 is 11.1 Å². The number of urea groups is 1. The van der Waals surface area contributed by atoms with Gasteiger partial charge in [-0.05, 0) is 25.2 Å². The summed E-state index contributed by atoms with van der Waals surface area (Å²) in [7, 11) is 0. The molecule has 6 nitrogen and oxygen atoms in total. The zero-order valence-electron chi connectivity index (χ0n) is 11.9. The quantitative estimate of drug-likeness (QED) is 0.754. The summed E-state index contributed by atoms with van der Waals surface area (Å²) in [4.78, 5) is 27.7. The molecule has 1 aliphatic carbocycles. The lowest BCUT2D eigenvalue weighted by atomic mass is 9.84. The summed E-state index contributed by atoms with van der Waals surface area (Å²) in [6.45, 7) is 2.67. The molecule has 3 fully saturated rings. The Morgan fingerprint density at radius 2 is 2.20 bits per heavy atom. The Morgan fingerprint density at radius 3 is 3.00 bits per heavy atom. The van der Waals surface area contributed by atoms with Gasteiger partial charge in [0.2, 0.25) is 5.91 Å². The van der Waals surface area contributed by atoms with E-state index in [-0.39, 0.29) is 24.0 Å². The number of nitrogens with zero attached hydrogens (tertiary/aromatic N) is 2. The fourth-order valence-electron chi connectivity index (χ4n) is 3.72. The van der Waals surface area contributed by atoms with Crippen LogP contribution in [0.2, 0.25) is 0 Å². The highest BCUT2D eigenvalue weighted by atomic mass is 16.2. The lowest BCUT2D eigenvalue weighted by Gasteiger charge is -2.37. The Hall–Kier alpha value is -1.30. The van der Waals surface area contributed by atoms with Gasteiger partial charge in [-0.15, -0.1) is 0 Å². The number of rotatable bonds is 2. The predicted molar refractivity (Wildman–Crippen MR) is 75.0 cm³/mol. The van der Waals surface area contributed by atoms with E-state index in [0.29, 0.717) is 38.5 Å². The number of nitrogens with two attached hydrogens (primary N) is 1. The number of hydrogen-bond acceptors (Lipinski definition) is 3. The molecular weight excluding hydrogens is 256 g/mol. The maximum absolute atomic E-state index is 12.4. The van der Waals surface area contributed by atoms with Crippen molar-refractivity contribution in [2.24, 2.45) is 11.7 Å². The van der Waals surface area contributed by atoms with Crippen molar-refractivity contribution >= 4 is 11.9 Å². The highest BCUT2D eigenvalue weighted by Crippen LogP contribution is 2.27. The van der Waals surface area contributed by atoms with Crippen molar-refractivity contribution in [3.05, 3.63) is 0 Å². The molecule has 2 heterocycles. The van der Waals surface area contributed by atoms with Crippen LogP contribution in [-0.2, 0) is 4.79 Å². The molecule has 20 heavy (non-hydrogen) atoms. The van der Waals surface area contributed by atoms with Gasteiger partial charge in [0.25, 0.3) is 0 Å². The Balaban J connectivity index is 1.52. The van der Waals surface area contributed by atoms with Gasteiger partial charge in [0.1, 0.15) is 0 Å². The second-order valence-corrected chi connectivity index (χ2v) is 6.37. The zero-order valence-corrected chi connectivity index (χ0v) is 11.9. The maximum atomic E-state index is 12.4. The molecule has 3 amide bonds. The summed E-state index contributed by atoms with van der Waals surface area (Å²) in [5.74, 6) is 0.690. The van der Waals surface area contributed by atoms with Crippen LogP contribution in [0, 0.1) is 5.92 Å². The highest BCUT2D eigenvalue weighted by Gasteiger charge is 2.37. The van der Waals surface area contributed by atoms with Gasteiger partial charge in [-0.25, -0.2) is 4.79 Å². The smallest absolute Gasteiger partial charge is 0.317 e. The Labute approximate surface area is 119 Å². The van der Waals surface area contributed by atoms with Crippen LogP contribution >= 0.6 is 0 Å². The minimum absolute atomic E-state index is 0.0142. The second-order valence-electron chi connectivity index (χ2n) is 6.37. The monoisotopic (exact) mass is 280 g/mol. The molecule has 3 aliphatic rings. The third-order valence-corrected chi connectivity index (χ3v) is 4.87. The Bertz CT molecular complexity index is 401. The van der Waals surface area contributed by atoms with Gasteiger partial charge in [-0.3, -0.25) is 4.79 Å². The first kappa shape index (κ1) is 13.7. The van der Waals surface area contributed by atoms with E-state index in [1.807, 2.05) is 9.80 Å². The fourth-order valence-corrected chi connectivity index (χ4v) is 3.72. The lowest BCUT2D eigenvalue weighted by molar-refractivity contribution is -0.134. The van der Waals surface area contributed by atoms with Crippen LogP contribution in [-0.4, -0.2) is 60.0 Å². The van der Waals surface area contributed by atoms with Crippen molar-refractivity contribution in [2.45, 2.75) is 44.2 Å². The number of carbonyl (C=O) groups is 2. The van der Waals surface area contributed by atoms with E-state index in [1.165, 1.54) is 0 Å². The summed E-state index contributed by atoms with van der Waals surface area (Å²) in [6, 6.07) is 0.448. The number of carbonyl (C=O) groups excluding carboxylic acids is 2. The first-order valence-electron chi connectivity index (χ1n) is 7.71. The second kappa shape index (κ2) is 5.60. The topological polar surface area (TPSA) is 78.7 Å². The van der Waals surface area contributed by atoms with Crippen molar-refractivity contribution in [3.8, 4) is 0 Å². The normalized spacial score (nSPS) is 33.9. The van der Waals surface area contributed by atoms with Crippen molar-refractivity contribution in [1.82, 2.24) is 15.1 Å². The fraction of sp³-hybridized carbons (Fsp3) is 0.857. The van der Waals surface area contributed by atoms with E-state index in [0.717, 1.165) is 25.7 Å². The van der Waals surface area contributed by atoms with Crippen LogP contribution in [0.1, 0.15) is 32.1 Å². The molecule has 3 N–H and O–H groups in total. The number of piperazine rings is 1. The standard InChI is InChI=1S/C14H24N4O2/c15-11-3-1-2-10(6-11)7-13(19)17-4-5-18-12(9-17)8-16-14(18)20/h10-12H,1-9,15H2,(H,16,20). The van der Waals surface area contributed by atoms with Gasteiger partial charge in [-0.1, -0.05) is 6.42 Å².